The lowest BCUT2D eigenvalue weighted by Gasteiger charge is -2.04. The van der Waals surface area contributed by atoms with Gasteiger partial charge in [0.15, 0.2) is 0 Å². The van der Waals surface area contributed by atoms with Crippen LogP contribution in [0.3, 0.4) is 0 Å². The highest BCUT2D eigenvalue weighted by Crippen LogP contribution is 2.30. The number of hydrogen-bond donors (Lipinski definition) is 0. The smallest absolute Gasteiger partial charge is 0.258 e. The van der Waals surface area contributed by atoms with E-state index in [1.54, 1.807) is 0 Å². The van der Waals surface area contributed by atoms with Gasteiger partial charge in [0, 0.05) is 5.56 Å². The van der Waals surface area contributed by atoms with Crippen molar-refractivity contribution in [2.75, 3.05) is 0 Å². The Labute approximate surface area is 93.9 Å². The summed E-state index contributed by atoms with van der Waals surface area (Å²) in [6, 6.07) is 11.3. The molecule has 2 aromatic rings. The number of aryl methyl sites for hydroxylation is 1. The molecule has 0 atom stereocenters. The van der Waals surface area contributed by atoms with E-state index in [0.717, 1.165) is 29.2 Å². The van der Waals surface area contributed by atoms with Crippen molar-refractivity contribution in [2.45, 2.75) is 19.8 Å². The Hall–Kier alpha value is -1.90. The fourth-order valence-corrected chi connectivity index (χ4v) is 1.99. The Morgan fingerprint density at radius 1 is 1.19 bits per heavy atom. The number of benzene rings is 2. The minimum atomic E-state index is -0.271. The second-order valence-corrected chi connectivity index (χ2v) is 3.80. The van der Waals surface area contributed by atoms with Gasteiger partial charge in [-0.15, -0.1) is 0 Å². The zero-order valence-electron chi connectivity index (χ0n) is 9.14. The number of nitrogens with zero attached hydrogens (tertiary/aromatic N) is 1. The maximum Gasteiger partial charge on any atom is 0.280 e. The van der Waals surface area contributed by atoms with Crippen molar-refractivity contribution >= 4 is 16.5 Å². The maximum absolute atomic E-state index is 11.1. The van der Waals surface area contributed by atoms with Crippen LogP contribution < -0.4 is 0 Å². The predicted molar refractivity (Wildman–Crippen MR) is 64.6 cm³/mol. The van der Waals surface area contributed by atoms with Crippen molar-refractivity contribution < 1.29 is 4.92 Å². The fourth-order valence-electron chi connectivity index (χ4n) is 1.99. The number of nitro benzene ring substituents is 1. The molecule has 2 aromatic carbocycles. The van der Waals surface area contributed by atoms with Crippen LogP contribution in [0, 0.1) is 10.1 Å². The van der Waals surface area contributed by atoms with Gasteiger partial charge in [0.25, 0.3) is 5.69 Å². The lowest BCUT2D eigenvalue weighted by atomic mass is 10.0. The highest BCUT2D eigenvalue weighted by molar-refractivity contribution is 5.92. The van der Waals surface area contributed by atoms with Gasteiger partial charge in [0.1, 0.15) is 0 Å². The van der Waals surface area contributed by atoms with Crippen molar-refractivity contribution in [3.63, 3.8) is 0 Å². The van der Waals surface area contributed by atoms with Crippen molar-refractivity contribution in [1.82, 2.24) is 0 Å². The van der Waals surface area contributed by atoms with E-state index in [0.29, 0.717) is 0 Å². The van der Waals surface area contributed by atoms with Gasteiger partial charge in [-0.3, -0.25) is 10.1 Å². The second kappa shape index (κ2) is 4.31. The Morgan fingerprint density at radius 2 is 1.94 bits per heavy atom. The standard InChI is InChI=1S/C13H13NO2/c1-2-5-11-9-8-10-6-3-4-7-12(10)13(11)14(15)16/h3-4,6-9H,2,5H2,1H3. The molecule has 2 rings (SSSR count). The number of fused-ring (bicyclic) bond motifs is 1. The molecule has 0 amide bonds. The molecule has 0 unspecified atom stereocenters. The molecule has 3 heteroatoms. The van der Waals surface area contributed by atoms with Crippen LogP contribution >= 0.6 is 0 Å². The summed E-state index contributed by atoms with van der Waals surface area (Å²) in [7, 11) is 0. The number of nitro groups is 1. The van der Waals surface area contributed by atoms with Gasteiger partial charge in [-0.1, -0.05) is 43.7 Å². The zero-order chi connectivity index (χ0) is 11.5. The molecule has 0 aliphatic rings. The first-order valence-electron chi connectivity index (χ1n) is 5.39. The number of hydrogen-bond acceptors (Lipinski definition) is 2. The Kier molecular flexibility index (Phi) is 2.86. The van der Waals surface area contributed by atoms with Crippen LogP contribution in [0.25, 0.3) is 10.8 Å². The fraction of sp³-hybridized carbons (Fsp3) is 0.231. The summed E-state index contributed by atoms with van der Waals surface area (Å²) in [4.78, 5) is 10.8. The molecule has 0 aliphatic carbocycles. The molecule has 0 aliphatic heterocycles. The second-order valence-electron chi connectivity index (χ2n) is 3.80. The maximum atomic E-state index is 11.1. The van der Waals surface area contributed by atoms with Gasteiger partial charge < -0.3 is 0 Å². The van der Waals surface area contributed by atoms with Crippen molar-refractivity contribution in [3.05, 3.63) is 52.1 Å². The quantitative estimate of drug-likeness (QED) is 0.578. The summed E-state index contributed by atoms with van der Waals surface area (Å²) >= 11 is 0. The summed E-state index contributed by atoms with van der Waals surface area (Å²) in [5.41, 5.74) is 1.09. The molecular weight excluding hydrogens is 202 g/mol. The Morgan fingerprint density at radius 3 is 2.62 bits per heavy atom. The van der Waals surface area contributed by atoms with Crippen molar-refractivity contribution in [3.8, 4) is 0 Å². The molecule has 0 heterocycles. The normalized spacial score (nSPS) is 10.6. The van der Waals surface area contributed by atoms with Gasteiger partial charge in [0.2, 0.25) is 0 Å². The van der Waals surface area contributed by atoms with Crippen molar-refractivity contribution in [2.24, 2.45) is 0 Å². The van der Waals surface area contributed by atoms with E-state index in [1.807, 2.05) is 43.3 Å². The molecule has 0 fully saturated rings. The summed E-state index contributed by atoms with van der Waals surface area (Å²) in [6.07, 6.45) is 1.67. The van der Waals surface area contributed by atoms with Crippen LogP contribution in [0.5, 0.6) is 0 Å². The van der Waals surface area contributed by atoms with Gasteiger partial charge in [-0.25, -0.2) is 0 Å². The molecule has 0 bridgehead atoms. The van der Waals surface area contributed by atoms with Gasteiger partial charge in [-0.05, 0) is 17.9 Å². The molecule has 16 heavy (non-hydrogen) atoms. The summed E-state index contributed by atoms with van der Waals surface area (Å²) in [5, 5.41) is 12.8. The van der Waals surface area contributed by atoms with E-state index in [2.05, 4.69) is 0 Å². The minimum Gasteiger partial charge on any atom is -0.258 e. The van der Waals surface area contributed by atoms with Crippen LogP contribution in [0.2, 0.25) is 0 Å². The monoisotopic (exact) mass is 215 g/mol. The third-order valence-corrected chi connectivity index (χ3v) is 2.69. The zero-order valence-corrected chi connectivity index (χ0v) is 9.14. The molecule has 82 valence electrons. The third-order valence-electron chi connectivity index (χ3n) is 2.69. The molecule has 0 N–H and O–H groups in total. The van der Waals surface area contributed by atoms with Crippen LogP contribution in [0.4, 0.5) is 5.69 Å². The van der Waals surface area contributed by atoms with Crippen molar-refractivity contribution in [1.29, 1.82) is 0 Å². The van der Waals surface area contributed by atoms with Gasteiger partial charge >= 0.3 is 0 Å². The first-order valence-corrected chi connectivity index (χ1v) is 5.39. The van der Waals surface area contributed by atoms with Gasteiger partial charge in [0.05, 0.1) is 10.3 Å². The van der Waals surface area contributed by atoms with Crippen LogP contribution in [-0.2, 0) is 6.42 Å². The minimum absolute atomic E-state index is 0.264. The largest absolute Gasteiger partial charge is 0.280 e. The highest BCUT2D eigenvalue weighted by atomic mass is 16.6. The van der Waals surface area contributed by atoms with Crippen LogP contribution in [0.15, 0.2) is 36.4 Å². The first kappa shape index (κ1) is 10.6. The van der Waals surface area contributed by atoms with Crippen LogP contribution in [-0.4, -0.2) is 4.92 Å². The molecule has 0 saturated heterocycles. The van der Waals surface area contributed by atoms with E-state index >= 15 is 0 Å². The highest BCUT2D eigenvalue weighted by Gasteiger charge is 2.16. The van der Waals surface area contributed by atoms with E-state index in [4.69, 9.17) is 0 Å². The molecular formula is C13H13NO2. The Bertz CT molecular complexity index is 534. The SMILES string of the molecule is CCCc1ccc2ccccc2c1[N+](=O)[O-]. The van der Waals surface area contributed by atoms with E-state index < -0.39 is 0 Å². The molecule has 0 spiro atoms. The summed E-state index contributed by atoms with van der Waals surface area (Å²) in [5.74, 6) is 0. The van der Waals surface area contributed by atoms with E-state index in [9.17, 15) is 10.1 Å². The lowest BCUT2D eigenvalue weighted by molar-refractivity contribution is -0.383. The molecule has 3 nitrogen and oxygen atoms in total. The van der Waals surface area contributed by atoms with Crippen LogP contribution in [0.1, 0.15) is 18.9 Å². The number of rotatable bonds is 3. The third kappa shape index (κ3) is 1.76. The topological polar surface area (TPSA) is 43.1 Å². The summed E-state index contributed by atoms with van der Waals surface area (Å²) in [6.45, 7) is 2.03. The molecule has 0 saturated carbocycles. The average Bonchev–Trinajstić information content (AvgIpc) is 2.28. The Balaban J connectivity index is 2.73. The lowest BCUT2D eigenvalue weighted by Crippen LogP contribution is -1.96. The van der Waals surface area contributed by atoms with Gasteiger partial charge in [-0.2, -0.15) is 0 Å². The summed E-state index contributed by atoms with van der Waals surface area (Å²) < 4.78 is 0. The first-order chi connectivity index (χ1) is 7.74. The molecule has 0 aromatic heterocycles. The van der Waals surface area contributed by atoms with E-state index in [1.165, 1.54) is 0 Å². The van der Waals surface area contributed by atoms with E-state index in [-0.39, 0.29) is 10.6 Å². The average molecular weight is 215 g/mol. The molecule has 0 radical (unpaired) electrons. The predicted octanol–water partition coefficient (Wildman–Crippen LogP) is 3.70.